The minimum absolute atomic E-state index is 0.0888. The Kier molecular flexibility index (Phi) is 1.92. The Labute approximate surface area is 79.8 Å². The summed E-state index contributed by atoms with van der Waals surface area (Å²) in [6.07, 6.45) is 2.28. The van der Waals surface area contributed by atoms with Crippen LogP contribution in [-0.4, -0.2) is 22.0 Å². The Morgan fingerprint density at radius 1 is 1.50 bits per heavy atom. The van der Waals surface area contributed by atoms with Crippen LogP contribution in [0.5, 0.6) is 0 Å². The number of amides is 1. The molecule has 0 unspecified atom stereocenters. The molecule has 0 fully saturated rings. The number of nitrogens with zero attached hydrogens (tertiary/aromatic N) is 1. The van der Waals surface area contributed by atoms with Crippen LogP contribution in [0.1, 0.15) is 22.5 Å². The summed E-state index contributed by atoms with van der Waals surface area (Å²) in [4.78, 5) is 25.6. The molecule has 0 aliphatic carbocycles. The lowest BCUT2D eigenvalue weighted by Gasteiger charge is -2.15. The van der Waals surface area contributed by atoms with Crippen molar-refractivity contribution in [1.82, 2.24) is 4.98 Å². The van der Waals surface area contributed by atoms with Crippen LogP contribution < -0.4 is 5.32 Å². The number of carbonyl (C=O) groups excluding carboxylic acids is 1. The van der Waals surface area contributed by atoms with E-state index in [4.69, 9.17) is 5.11 Å². The number of hydrogen-bond acceptors (Lipinski definition) is 3. The zero-order valence-corrected chi connectivity index (χ0v) is 7.28. The lowest BCUT2D eigenvalue weighted by Crippen LogP contribution is -2.20. The third kappa shape index (κ3) is 1.44. The van der Waals surface area contributed by atoms with Crippen molar-refractivity contribution >= 4 is 17.6 Å². The molecule has 1 amide bonds. The normalized spacial score (nSPS) is 14.4. The van der Waals surface area contributed by atoms with Gasteiger partial charge in [0.1, 0.15) is 0 Å². The topological polar surface area (TPSA) is 79.3 Å². The predicted molar refractivity (Wildman–Crippen MR) is 48.1 cm³/mol. The molecule has 0 saturated heterocycles. The summed E-state index contributed by atoms with van der Waals surface area (Å²) in [6.45, 7) is 0. The van der Waals surface area contributed by atoms with Gasteiger partial charge in [-0.25, -0.2) is 4.79 Å². The molecule has 0 aromatic carbocycles. The molecule has 72 valence electrons. The summed E-state index contributed by atoms with van der Waals surface area (Å²) in [6, 6.07) is 1.43. The molecule has 0 spiro atoms. The maximum absolute atomic E-state index is 11.0. The maximum Gasteiger partial charge on any atom is 0.337 e. The van der Waals surface area contributed by atoms with E-state index in [9.17, 15) is 9.59 Å². The highest BCUT2D eigenvalue weighted by molar-refractivity contribution is 5.95. The van der Waals surface area contributed by atoms with Gasteiger partial charge in [-0.1, -0.05) is 0 Å². The molecule has 1 aliphatic heterocycles. The van der Waals surface area contributed by atoms with E-state index in [1.807, 2.05) is 0 Å². The van der Waals surface area contributed by atoms with Gasteiger partial charge < -0.3 is 10.4 Å². The van der Waals surface area contributed by atoms with Gasteiger partial charge in [0.05, 0.1) is 16.9 Å². The van der Waals surface area contributed by atoms with Crippen LogP contribution >= 0.6 is 0 Å². The zero-order chi connectivity index (χ0) is 10.1. The lowest BCUT2D eigenvalue weighted by molar-refractivity contribution is -0.116. The number of pyridine rings is 1. The first-order valence-corrected chi connectivity index (χ1v) is 4.19. The van der Waals surface area contributed by atoms with Crippen molar-refractivity contribution in [1.29, 1.82) is 0 Å². The van der Waals surface area contributed by atoms with Crippen LogP contribution in [0.3, 0.4) is 0 Å². The fourth-order valence-corrected chi connectivity index (χ4v) is 1.36. The highest BCUT2D eigenvalue weighted by atomic mass is 16.4. The first-order chi connectivity index (χ1) is 6.66. The number of carboxylic acid groups (broad SMARTS) is 1. The van der Waals surface area contributed by atoms with Crippen molar-refractivity contribution in [3.05, 3.63) is 23.5 Å². The Balaban J connectivity index is 2.42. The molecule has 0 radical (unpaired) electrons. The highest BCUT2D eigenvalue weighted by Gasteiger charge is 2.17. The second kappa shape index (κ2) is 3.10. The number of hydrogen-bond donors (Lipinski definition) is 2. The second-order valence-electron chi connectivity index (χ2n) is 3.07. The largest absolute Gasteiger partial charge is 0.478 e. The van der Waals surface area contributed by atoms with Crippen molar-refractivity contribution in [3.63, 3.8) is 0 Å². The standard InChI is InChI=1S/C9H8N2O3/c12-8-2-1-6-7(11-8)3-5(4-10-6)9(13)14/h3-4H,1-2H2,(H,11,12)(H,13,14). The summed E-state index contributed by atoms with van der Waals surface area (Å²) in [5.74, 6) is -1.14. The van der Waals surface area contributed by atoms with Crippen LogP contribution in [0.15, 0.2) is 12.3 Å². The molecule has 2 heterocycles. The summed E-state index contributed by atoms with van der Waals surface area (Å²) in [5, 5.41) is 11.3. The van der Waals surface area contributed by atoms with Gasteiger partial charge >= 0.3 is 5.97 Å². The Morgan fingerprint density at radius 2 is 2.29 bits per heavy atom. The van der Waals surface area contributed by atoms with Crippen molar-refractivity contribution in [2.24, 2.45) is 0 Å². The zero-order valence-electron chi connectivity index (χ0n) is 7.28. The van der Waals surface area contributed by atoms with E-state index in [-0.39, 0.29) is 11.5 Å². The quantitative estimate of drug-likeness (QED) is 0.685. The van der Waals surface area contributed by atoms with E-state index in [0.29, 0.717) is 18.5 Å². The second-order valence-corrected chi connectivity index (χ2v) is 3.07. The average molecular weight is 192 g/mol. The third-order valence-electron chi connectivity index (χ3n) is 2.08. The number of aromatic nitrogens is 1. The molecule has 0 saturated carbocycles. The maximum atomic E-state index is 11.0. The van der Waals surface area contributed by atoms with Crippen LogP contribution in [-0.2, 0) is 11.2 Å². The number of aryl methyl sites for hydroxylation is 1. The molecule has 5 nitrogen and oxygen atoms in total. The van der Waals surface area contributed by atoms with E-state index >= 15 is 0 Å². The number of anilines is 1. The number of rotatable bonds is 1. The molecule has 1 aliphatic rings. The minimum atomic E-state index is -1.04. The fourth-order valence-electron chi connectivity index (χ4n) is 1.36. The van der Waals surface area contributed by atoms with Crippen molar-refractivity contribution in [2.75, 3.05) is 5.32 Å². The summed E-state index contributed by atoms with van der Waals surface area (Å²) in [5.41, 5.74) is 1.35. The lowest BCUT2D eigenvalue weighted by atomic mass is 10.1. The van der Waals surface area contributed by atoms with Gasteiger partial charge in [0.15, 0.2) is 0 Å². The SMILES string of the molecule is O=C1CCc2ncc(C(=O)O)cc2N1. The Bertz CT molecular complexity index is 415. The summed E-state index contributed by atoms with van der Waals surface area (Å²) >= 11 is 0. The van der Waals surface area contributed by atoms with Gasteiger partial charge in [-0.05, 0) is 6.07 Å². The first kappa shape index (κ1) is 8.68. The van der Waals surface area contributed by atoms with Crippen molar-refractivity contribution in [3.8, 4) is 0 Å². The molecule has 14 heavy (non-hydrogen) atoms. The minimum Gasteiger partial charge on any atom is -0.478 e. The monoisotopic (exact) mass is 192 g/mol. The molecule has 5 heteroatoms. The molecular weight excluding hydrogens is 184 g/mol. The summed E-state index contributed by atoms with van der Waals surface area (Å²) in [7, 11) is 0. The summed E-state index contributed by atoms with van der Waals surface area (Å²) < 4.78 is 0. The molecule has 0 atom stereocenters. The van der Waals surface area contributed by atoms with E-state index in [0.717, 1.165) is 5.69 Å². The smallest absolute Gasteiger partial charge is 0.337 e. The van der Waals surface area contributed by atoms with Gasteiger partial charge in [-0.15, -0.1) is 0 Å². The molecule has 2 rings (SSSR count). The number of fused-ring (bicyclic) bond motifs is 1. The number of aromatic carboxylic acids is 1. The van der Waals surface area contributed by atoms with Crippen molar-refractivity contribution < 1.29 is 14.7 Å². The third-order valence-corrected chi connectivity index (χ3v) is 2.08. The number of nitrogens with one attached hydrogen (secondary N) is 1. The van der Waals surface area contributed by atoms with E-state index in [1.54, 1.807) is 0 Å². The van der Waals surface area contributed by atoms with Gasteiger partial charge in [0, 0.05) is 19.0 Å². The van der Waals surface area contributed by atoms with E-state index in [1.165, 1.54) is 12.3 Å². The van der Waals surface area contributed by atoms with Crippen LogP contribution in [0.4, 0.5) is 5.69 Å². The van der Waals surface area contributed by atoms with Crippen molar-refractivity contribution in [2.45, 2.75) is 12.8 Å². The molecule has 1 aromatic heterocycles. The number of carboxylic acids is 1. The van der Waals surface area contributed by atoms with E-state index in [2.05, 4.69) is 10.3 Å². The van der Waals surface area contributed by atoms with E-state index < -0.39 is 5.97 Å². The molecule has 2 N–H and O–H groups in total. The van der Waals surface area contributed by atoms with Crippen LogP contribution in [0.25, 0.3) is 0 Å². The van der Waals surface area contributed by atoms with Gasteiger partial charge in [0.2, 0.25) is 5.91 Å². The Hall–Kier alpha value is -1.91. The van der Waals surface area contributed by atoms with Gasteiger partial charge in [0.25, 0.3) is 0 Å². The first-order valence-electron chi connectivity index (χ1n) is 4.19. The fraction of sp³-hybridized carbons (Fsp3) is 0.222. The van der Waals surface area contributed by atoms with Gasteiger partial charge in [-0.3, -0.25) is 9.78 Å². The molecule has 1 aromatic rings. The average Bonchev–Trinajstić information content (AvgIpc) is 2.16. The predicted octanol–water partition coefficient (Wildman–Crippen LogP) is 0.664. The van der Waals surface area contributed by atoms with Crippen LogP contribution in [0.2, 0.25) is 0 Å². The van der Waals surface area contributed by atoms with Gasteiger partial charge in [-0.2, -0.15) is 0 Å². The molecule has 0 bridgehead atoms. The van der Waals surface area contributed by atoms with Crippen LogP contribution in [0, 0.1) is 0 Å². The highest BCUT2D eigenvalue weighted by Crippen LogP contribution is 2.21. The molecular formula is C9H8N2O3. The Morgan fingerprint density at radius 3 is 3.00 bits per heavy atom. The number of carbonyl (C=O) groups is 2.